The molecule has 1 aliphatic heterocycles. The number of amides is 3. The minimum Gasteiger partial charge on any atom is -0.356 e. The highest BCUT2D eigenvalue weighted by Gasteiger charge is 2.33. The van der Waals surface area contributed by atoms with E-state index in [0.29, 0.717) is 30.7 Å². The molecule has 0 radical (unpaired) electrons. The van der Waals surface area contributed by atoms with Gasteiger partial charge < -0.3 is 24.9 Å². The van der Waals surface area contributed by atoms with E-state index >= 15 is 0 Å². The van der Waals surface area contributed by atoms with Gasteiger partial charge in [0.05, 0.1) is 12.6 Å². The Balaban J connectivity index is 1.61. The molecule has 2 aromatic heterocycles. The van der Waals surface area contributed by atoms with Crippen molar-refractivity contribution in [1.29, 1.82) is 0 Å². The van der Waals surface area contributed by atoms with E-state index in [-0.39, 0.29) is 36.5 Å². The lowest BCUT2D eigenvalue weighted by Gasteiger charge is -2.33. The number of rotatable bonds is 9. The van der Waals surface area contributed by atoms with Crippen LogP contribution in [0.25, 0.3) is 11.5 Å². The quantitative estimate of drug-likeness (QED) is 0.565. The fourth-order valence-electron chi connectivity index (χ4n) is 3.60. The second-order valence-corrected chi connectivity index (χ2v) is 7.58. The van der Waals surface area contributed by atoms with Crippen LogP contribution >= 0.6 is 0 Å². The van der Waals surface area contributed by atoms with Gasteiger partial charge in [-0.15, -0.1) is 0 Å². The van der Waals surface area contributed by atoms with Crippen molar-refractivity contribution in [3.05, 3.63) is 36.2 Å². The number of carbonyl (C=O) groups excluding carboxylic acids is 4. The van der Waals surface area contributed by atoms with E-state index in [1.165, 1.54) is 11.0 Å². The van der Waals surface area contributed by atoms with E-state index in [1.54, 1.807) is 38.2 Å². The molecule has 2 atom stereocenters. The fourth-order valence-corrected chi connectivity index (χ4v) is 3.60. The van der Waals surface area contributed by atoms with Gasteiger partial charge in [-0.25, -0.2) is 0 Å². The van der Waals surface area contributed by atoms with E-state index in [4.69, 9.17) is 4.52 Å². The van der Waals surface area contributed by atoms with Crippen molar-refractivity contribution in [2.75, 3.05) is 13.1 Å². The molecule has 3 heterocycles. The lowest BCUT2D eigenvalue weighted by Crippen LogP contribution is -2.50. The number of aromatic nitrogens is 2. The van der Waals surface area contributed by atoms with Gasteiger partial charge in [-0.05, 0) is 38.8 Å². The molecule has 10 nitrogen and oxygen atoms in total. The second-order valence-electron chi connectivity index (χ2n) is 7.58. The maximum Gasteiger partial charge on any atom is 0.273 e. The summed E-state index contributed by atoms with van der Waals surface area (Å²) in [5, 5.41) is 8.97. The van der Waals surface area contributed by atoms with Crippen LogP contribution in [0.1, 0.15) is 37.2 Å². The Labute approximate surface area is 179 Å². The van der Waals surface area contributed by atoms with Crippen LogP contribution < -0.4 is 10.6 Å². The molecular weight excluding hydrogens is 402 g/mol. The van der Waals surface area contributed by atoms with Crippen molar-refractivity contribution in [2.45, 2.75) is 38.8 Å². The minimum atomic E-state index is -0.749. The molecule has 0 saturated carbocycles. The minimum absolute atomic E-state index is 0.0131. The van der Waals surface area contributed by atoms with Crippen molar-refractivity contribution in [1.82, 2.24) is 25.7 Å². The van der Waals surface area contributed by atoms with Crippen molar-refractivity contribution in [2.24, 2.45) is 5.92 Å². The van der Waals surface area contributed by atoms with Crippen LogP contribution in [0.5, 0.6) is 0 Å². The van der Waals surface area contributed by atoms with Crippen LogP contribution in [0.2, 0.25) is 0 Å². The summed E-state index contributed by atoms with van der Waals surface area (Å²) in [6.07, 6.45) is 3.16. The summed E-state index contributed by atoms with van der Waals surface area (Å²) < 4.78 is 5.15. The zero-order chi connectivity index (χ0) is 22.4. The Morgan fingerprint density at radius 2 is 2.19 bits per heavy atom. The fraction of sp³-hybridized carbons (Fsp3) is 0.429. The second kappa shape index (κ2) is 9.96. The molecule has 3 amide bonds. The lowest BCUT2D eigenvalue weighted by molar-refractivity contribution is -0.138. The molecule has 0 aromatic carbocycles. The number of carbonyl (C=O) groups is 4. The predicted molar refractivity (Wildman–Crippen MR) is 110 cm³/mol. The lowest BCUT2D eigenvalue weighted by atomic mass is 9.97. The SMILES string of the molecule is CC(C)N(C(=O)CNC(=O)c1cc(-c2ccccn2)on1)[C@H](C=O)CC1CCNC1=O. The van der Waals surface area contributed by atoms with Crippen LogP contribution in [-0.4, -0.2) is 64.2 Å². The third kappa shape index (κ3) is 5.33. The molecule has 1 fully saturated rings. The first kappa shape index (κ1) is 22.1. The normalized spacial score (nSPS) is 16.6. The van der Waals surface area contributed by atoms with Crippen LogP contribution in [0, 0.1) is 5.92 Å². The van der Waals surface area contributed by atoms with Gasteiger partial charge in [0.2, 0.25) is 11.8 Å². The maximum atomic E-state index is 12.8. The third-order valence-electron chi connectivity index (χ3n) is 5.11. The summed E-state index contributed by atoms with van der Waals surface area (Å²) in [5.74, 6) is -1.09. The Bertz CT molecular complexity index is 943. The first-order valence-corrected chi connectivity index (χ1v) is 10.1. The predicted octanol–water partition coefficient (Wildman–Crippen LogP) is 0.797. The number of hydrogen-bond donors (Lipinski definition) is 2. The standard InChI is InChI=1S/C21H25N5O5/c1-13(2)26(15(12-27)9-14-6-8-23-20(14)29)19(28)11-24-21(30)17-10-18(31-25-17)16-5-3-4-7-22-16/h3-5,7,10,12-15H,6,8-9,11H2,1-2H3,(H,23,29)(H,24,30)/t14?,15-/m0/s1. The van der Waals surface area contributed by atoms with Gasteiger partial charge in [0, 0.05) is 30.8 Å². The highest BCUT2D eigenvalue weighted by molar-refractivity contribution is 5.95. The molecule has 1 aliphatic rings. The molecule has 10 heteroatoms. The zero-order valence-corrected chi connectivity index (χ0v) is 17.4. The molecule has 31 heavy (non-hydrogen) atoms. The van der Waals surface area contributed by atoms with Gasteiger partial charge in [-0.3, -0.25) is 19.4 Å². The number of pyridine rings is 1. The molecule has 3 rings (SSSR count). The van der Waals surface area contributed by atoms with E-state index in [9.17, 15) is 19.2 Å². The summed E-state index contributed by atoms with van der Waals surface area (Å²) in [6.45, 7) is 3.81. The number of nitrogens with zero attached hydrogens (tertiary/aromatic N) is 3. The van der Waals surface area contributed by atoms with E-state index < -0.39 is 17.9 Å². The Hall–Kier alpha value is -3.56. The molecule has 2 aromatic rings. The zero-order valence-electron chi connectivity index (χ0n) is 17.4. The van der Waals surface area contributed by atoms with Gasteiger partial charge in [-0.2, -0.15) is 0 Å². The van der Waals surface area contributed by atoms with Crippen molar-refractivity contribution >= 4 is 24.0 Å². The summed E-state index contributed by atoms with van der Waals surface area (Å²) in [6, 6.07) is 5.66. The average Bonchev–Trinajstić information content (AvgIpc) is 3.41. The smallest absolute Gasteiger partial charge is 0.273 e. The first-order valence-electron chi connectivity index (χ1n) is 10.1. The molecule has 1 saturated heterocycles. The largest absolute Gasteiger partial charge is 0.356 e. The highest BCUT2D eigenvalue weighted by atomic mass is 16.5. The van der Waals surface area contributed by atoms with Gasteiger partial charge in [-0.1, -0.05) is 11.2 Å². The monoisotopic (exact) mass is 427 g/mol. The first-order chi connectivity index (χ1) is 14.9. The van der Waals surface area contributed by atoms with Gasteiger partial charge in [0.1, 0.15) is 12.0 Å². The van der Waals surface area contributed by atoms with Crippen molar-refractivity contribution in [3.63, 3.8) is 0 Å². The molecular formula is C21H25N5O5. The van der Waals surface area contributed by atoms with Crippen LogP contribution in [-0.2, 0) is 14.4 Å². The van der Waals surface area contributed by atoms with Gasteiger partial charge >= 0.3 is 0 Å². The number of hydrogen-bond acceptors (Lipinski definition) is 7. The molecule has 0 bridgehead atoms. The van der Waals surface area contributed by atoms with E-state index in [1.807, 2.05) is 0 Å². The van der Waals surface area contributed by atoms with Crippen LogP contribution in [0.15, 0.2) is 35.0 Å². The molecule has 1 unspecified atom stereocenters. The third-order valence-corrected chi connectivity index (χ3v) is 5.11. The number of aldehydes is 1. The highest BCUT2D eigenvalue weighted by Crippen LogP contribution is 2.20. The van der Waals surface area contributed by atoms with Crippen LogP contribution in [0.3, 0.4) is 0 Å². The van der Waals surface area contributed by atoms with E-state index in [0.717, 1.165) is 0 Å². The topological polar surface area (TPSA) is 134 Å². The summed E-state index contributed by atoms with van der Waals surface area (Å²) in [7, 11) is 0. The molecule has 164 valence electrons. The molecule has 0 aliphatic carbocycles. The molecule has 2 N–H and O–H groups in total. The Kier molecular flexibility index (Phi) is 7.11. The van der Waals surface area contributed by atoms with Crippen molar-refractivity contribution in [3.8, 4) is 11.5 Å². The van der Waals surface area contributed by atoms with Gasteiger partial charge in [0.25, 0.3) is 5.91 Å². The van der Waals surface area contributed by atoms with E-state index in [2.05, 4.69) is 20.8 Å². The van der Waals surface area contributed by atoms with Gasteiger partial charge in [0.15, 0.2) is 11.5 Å². The molecule has 0 spiro atoms. The summed E-state index contributed by atoms with van der Waals surface area (Å²) in [4.78, 5) is 54.3. The Morgan fingerprint density at radius 1 is 1.39 bits per heavy atom. The van der Waals surface area contributed by atoms with Crippen LogP contribution in [0.4, 0.5) is 0 Å². The summed E-state index contributed by atoms with van der Waals surface area (Å²) >= 11 is 0. The number of nitrogens with one attached hydrogen (secondary N) is 2. The maximum absolute atomic E-state index is 12.8. The Morgan fingerprint density at radius 3 is 2.81 bits per heavy atom. The van der Waals surface area contributed by atoms with Crippen molar-refractivity contribution < 1.29 is 23.7 Å². The average molecular weight is 427 g/mol. The summed E-state index contributed by atoms with van der Waals surface area (Å²) in [5.41, 5.74) is 0.542.